The standard InChI is InChI=1S/C22H33N3O2/c1-2-7-21(26)24-14-11-20(12-15-24)25-13-6-10-19(17-25)22(27)23-16-18-8-4-3-5-9-18/h3-5,8-9,19-20H,2,6-7,10-17H2,1H3,(H,23,27)/t19-/m1/s1. The van der Waals surface area contributed by atoms with Gasteiger partial charge in [0.05, 0.1) is 5.92 Å². The lowest BCUT2D eigenvalue weighted by Gasteiger charge is -2.42. The molecule has 2 aliphatic heterocycles. The fourth-order valence-electron chi connectivity index (χ4n) is 4.33. The van der Waals surface area contributed by atoms with Crippen molar-refractivity contribution in [3.8, 4) is 0 Å². The maximum Gasteiger partial charge on any atom is 0.224 e. The summed E-state index contributed by atoms with van der Waals surface area (Å²) in [5.41, 5.74) is 1.14. The fourth-order valence-corrected chi connectivity index (χ4v) is 4.33. The Hall–Kier alpha value is -1.88. The van der Waals surface area contributed by atoms with E-state index in [1.807, 2.05) is 35.2 Å². The minimum absolute atomic E-state index is 0.0854. The number of likely N-dealkylation sites (tertiary alicyclic amines) is 2. The Kier molecular flexibility index (Phi) is 7.27. The smallest absolute Gasteiger partial charge is 0.224 e. The van der Waals surface area contributed by atoms with E-state index < -0.39 is 0 Å². The van der Waals surface area contributed by atoms with Crippen molar-refractivity contribution in [3.05, 3.63) is 35.9 Å². The molecular weight excluding hydrogens is 338 g/mol. The molecule has 0 aromatic heterocycles. The predicted molar refractivity (Wildman–Crippen MR) is 107 cm³/mol. The minimum Gasteiger partial charge on any atom is -0.352 e. The van der Waals surface area contributed by atoms with Crippen molar-refractivity contribution in [2.24, 2.45) is 5.92 Å². The zero-order valence-electron chi connectivity index (χ0n) is 16.5. The third kappa shape index (κ3) is 5.55. The van der Waals surface area contributed by atoms with Crippen molar-refractivity contribution < 1.29 is 9.59 Å². The molecule has 2 heterocycles. The average molecular weight is 372 g/mol. The van der Waals surface area contributed by atoms with Gasteiger partial charge < -0.3 is 10.2 Å². The number of carbonyl (C=O) groups excluding carboxylic acids is 2. The molecule has 2 saturated heterocycles. The van der Waals surface area contributed by atoms with Gasteiger partial charge in [-0.3, -0.25) is 14.5 Å². The van der Waals surface area contributed by atoms with Crippen molar-refractivity contribution >= 4 is 11.8 Å². The highest BCUT2D eigenvalue weighted by molar-refractivity contribution is 5.79. The zero-order chi connectivity index (χ0) is 19.1. The SMILES string of the molecule is CCCC(=O)N1CCC(N2CCC[C@@H](C(=O)NCc3ccccc3)C2)CC1. The first kappa shape index (κ1) is 19.9. The van der Waals surface area contributed by atoms with E-state index in [1.165, 1.54) is 0 Å². The number of benzene rings is 1. The molecule has 1 N–H and O–H groups in total. The molecule has 1 aromatic rings. The Morgan fingerprint density at radius 1 is 1.07 bits per heavy atom. The van der Waals surface area contributed by atoms with Gasteiger partial charge in [0, 0.05) is 38.6 Å². The van der Waals surface area contributed by atoms with Gasteiger partial charge in [-0.2, -0.15) is 0 Å². The molecule has 0 spiro atoms. The quantitative estimate of drug-likeness (QED) is 0.837. The Bertz CT molecular complexity index is 611. The van der Waals surface area contributed by atoms with Crippen LogP contribution in [0.3, 0.4) is 0 Å². The lowest BCUT2D eigenvalue weighted by atomic mass is 9.93. The first-order valence-corrected chi connectivity index (χ1v) is 10.5. The summed E-state index contributed by atoms with van der Waals surface area (Å²) in [6, 6.07) is 10.6. The Morgan fingerprint density at radius 3 is 2.52 bits per heavy atom. The zero-order valence-corrected chi connectivity index (χ0v) is 16.5. The molecule has 2 fully saturated rings. The maximum absolute atomic E-state index is 12.6. The van der Waals surface area contributed by atoms with Gasteiger partial charge >= 0.3 is 0 Å². The van der Waals surface area contributed by atoms with Gasteiger partial charge in [-0.1, -0.05) is 37.3 Å². The number of rotatable bonds is 6. The van der Waals surface area contributed by atoms with E-state index in [-0.39, 0.29) is 11.8 Å². The largest absolute Gasteiger partial charge is 0.352 e. The Morgan fingerprint density at radius 2 is 1.81 bits per heavy atom. The Labute approximate surface area is 163 Å². The van der Waals surface area contributed by atoms with Crippen molar-refractivity contribution in [2.45, 2.75) is 58.0 Å². The molecule has 27 heavy (non-hydrogen) atoms. The number of piperidine rings is 2. The van der Waals surface area contributed by atoms with Crippen LogP contribution in [0.15, 0.2) is 30.3 Å². The summed E-state index contributed by atoms with van der Waals surface area (Å²) in [7, 11) is 0. The Balaban J connectivity index is 1.45. The van der Waals surface area contributed by atoms with Crippen LogP contribution in [0.25, 0.3) is 0 Å². The molecule has 148 valence electrons. The maximum atomic E-state index is 12.6. The predicted octanol–water partition coefficient (Wildman–Crippen LogP) is 2.81. The summed E-state index contributed by atoms with van der Waals surface area (Å²) in [6.07, 6.45) is 5.72. The molecule has 1 atom stereocenters. The van der Waals surface area contributed by atoms with E-state index in [4.69, 9.17) is 0 Å². The molecule has 5 heteroatoms. The van der Waals surface area contributed by atoms with Gasteiger partial charge in [-0.15, -0.1) is 0 Å². The van der Waals surface area contributed by atoms with Gasteiger partial charge in [0.2, 0.25) is 11.8 Å². The van der Waals surface area contributed by atoms with Crippen molar-refractivity contribution in [2.75, 3.05) is 26.2 Å². The van der Waals surface area contributed by atoms with Gasteiger partial charge in [0.1, 0.15) is 0 Å². The number of amides is 2. The third-order valence-electron chi connectivity index (χ3n) is 5.93. The van der Waals surface area contributed by atoms with Gasteiger partial charge in [0.15, 0.2) is 0 Å². The second-order valence-corrected chi connectivity index (χ2v) is 7.90. The molecule has 3 rings (SSSR count). The topological polar surface area (TPSA) is 52.7 Å². The van der Waals surface area contributed by atoms with Crippen LogP contribution in [-0.2, 0) is 16.1 Å². The van der Waals surface area contributed by atoms with Crippen LogP contribution in [-0.4, -0.2) is 53.8 Å². The molecule has 0 radical (unpaired) electrons. The van der Waals surface area contributed by atoms with Crippen LogP contribution in [0.4, 0.5) is 0 Å². The summed E-state index contributed by atoms with van der Waals surface area (Å²) < 4.78 is 0. The number of nitrogens with zero attached hydrogens (tertiary/aromatic N) is 2. The van der Waals surface area contributed by atoms with Gasteiger partial charge in [-0.05, 0) is 44.2 Å². The molecular formula is C22H33N3O2. The number of hydrogen-bond acceptors (Lipinski definition) is 3. The van der Waals surface area contributed by atoms with E-state index in [0.717, 1.165) is 63.8 Å². The molecule has 0 aliphatic carbocycles. The van der Waals surface area contributed by atoms with E-state index in [1.54, 1.807) is 0 Å². The van der Waals surface area contributed by atoms with Crippen LogP contribution >= 0.6 is 0 Å². The monoisotopic (exact) mass is 371 g/mol. The van der Waals surface area contributed by atoms with Crippen molar-refractivity contribution in [1.82, 2.24) is 15.1 Å². The number of nitrogens with one attached hydrogen (secondary N) is 1. The number of carbonyl (C=O) groups is 2. The lowest BCUT2D eigenvalue weighted by molar-refractivity contribution is -0.133. The molecule has 0 saturated carbocycles. The van der Waals surface area contributed by atoms with E-state index in [9.17, 15) is 9.59 Å². The van der Waals surface area contributed by atoms with Crippen LogP contribution in [0.2, 0.25) is 0 Å². The molecule has 1 aromatic carbocycles. The second kappa shape index (κ2) is 9.88. The van der Waals surface area contributed by atoms with Gasteiger partial charge in [-0.25, -0.2) is 0 Å². The highest BCUT2D eigenvalue weighted by atomic mass is 16.2. The number of hydrogen-bond donors (Lipinski definition) is 1. The molecule has 0 bridgehead atoms. The van der Waals surface area contributed by atoms with E-state index in [0.29, 0.717) is 24.9 Å². The second-order valence-electron chi connectivity index (χ2n) is 7.90. The minimum atomic E-state index is 0.0854. The summed E-state index contributed by atoms with van der Waals surface area (Å²) in [5, 5.41) is 3.11. The van der Waals surface area contributed by atoms with Crippen molar-refractivity contribution in [3.63, 3.8) is 0 Å². The highest BCUT2D eigenvalue weighted by Crippen LogP contribution is 2.24. The van der Waals surface area contributed by atoms with Crippen LogP contribution in [0, 0.1) is 5.92 Å². The van der Waals surface area contributed by atoms with E-state index >= 15 is 0 Å². The molecule has 2 amide bonds. The summed E-state index contributed by atoms with van der Waals surface area (Å²) in [4.78, 5) is 29.2. The molecule has 5 nitrogen and oxygen atoms in total. The highest BCUT2D eigenvalue weighted by Gasteiger charge is 2.32. The van der Waals surface area contributed by atoms with E-state index in [2.05, 4.69) is 17.1 Å². The normalized spacial score (nSPS) is 21.8. The first-order valence-electron chi connectivity index (χ1n) is 10.5. The fraction of sp³-hybridized carbons (Fsp3) is 0.636. The van der Waals surface area contributed by atoms with Crippen LogP contribution < -0.4 is 5.32 Å². The third-order valence-corrected chi connectivity index (χ3v) is 5.93. The van der Waals surface area contributed by atoms with Crippen molar-refractivity contribution in [1.29, 1.82) is 0 Å². The average Bonchev–Trinajstić information content (AvgIpc) is 2.73. The lowest BCUT2D eigenvalue weighted by Crippen LogP contribution is -2.51. The molecule has 0 unspecified atom stereocenters. The van der Waals surface area contributed by atoms with Crippen LogP contribution in [0.1, 0.15) is 51.0 Å². The molecule has 2 aliphatic rings. The summed E-state index contributed by atoms with van der Waals surface area (Å²) >= 11 is 0. The first-order chi connectivity index (χ1) is 13.2. The van der Waals surface area contributed by atoms with Gasteiger partial charge in [0.25, 0.3) is 0 Å². The van der Waals surface area contributed by atoms with Crippen LogP contribution in [0.5, 0.6) is 0 Å². The summed E-state index contributed by atoms with van der Waals surface area (Å²) in [6.45, 7) is 6.33. The summed E-state index contributed by atoms with van der Waals surface area (Å²) in [5.74, 6) is 0.564.